The van der Waals surface area contributed by atoms with Crippen LogP contribution in [0, 0.1) is 0 Å². The summed E-state index contributed by atoms with van der Waals surface area (Å²) in [7, 11) is 0. The third-order valence-corrected chi connectivity index (χ3v) is 4.83. The number of carbonyl (C=O) groups is 1. The molecule has 1 heterocycles. The Bertz CT molecular complexity index is 627. The Morgan fingerprint density at radius 1 is 1.25 bits per heavy atom. The van der Waals surface area contributed by atoms with Crippen LogP contribution in [-0.4, -0.2) is 11.4 Å². The molecule has 0 aliphatic carbocycles. The number of para-hydroxylation sites is 1. The fraction of sp³-hybridized carbons (Fsp3) is 0.0833. The normalized spacial score (nSPS) is 11.4. The minimum absolute atomic E-state index is 0.0407. The number of alkyl halides is 3. The third-order valence-electron chi connectivity index (χ3n) is 2.18. The quantitative estimate of drug-likeness (QED) is 0.723. The van der Waals surface area contributed by atoms with Crippen molar-refractivity contribution in [2.75, 3.05) is 5.32 Å². The van der Waals surface area contributed by atoms with Crippen molar-refractivity contribution in [1.82, 2.24) is 0 Å². The van der Waals surface area contributed by atoms with E-state index in [9.17, 15) is 18.0 Å². The summed E-state index contributed by atoms with van der Waals surface area (Å²) in [6.45, 7) is 0. The Kier molecular flexibility index (Phi) is 4.77. The van der Waals surface area contributed by atoms with Gasteiger partial charge in [-0.15, -0.1) is 11.3 Å². The van der Waals surface area contributed by atoms with Gasteiger partial charge in [0.2, 0.25) is 0 Å². The summed E-state index contributed by atoms with van der Waals surface area (Å²) in [6.07, 6.45) is 0. The average molecular weight is 382 g/mol. The molecular formula is C12H7BrF3NOS2. The zero-order valence-corrected chi connectivity index (χ0v) is 12.9. The van der Waals surface area contributed by atoms with E-state index in [0.717, 1.165) is 0 Å². The maximum atomic E-state index is 12.4. The van der Waals surface area contributed by atoms with Crippen LogP contribution in [0.5, 0.6) is 0 Å². The summed E-state index contributed by atoms with van der Waals surface area (Å²) in [6, 6.07) is 7.52. The lowest BCUT2D eigenvalue weighted by Gasteiger charge is -2.11. The van der Waals surface area contributed by atoms with Crippen molar-refractivity contribution in [2.24, 2.45) is 0 Å². The van der Waals surface area contributed by atoms with Crippen LogP contribution >= 0.6 is 39.0 Å². The number of hydrogen-bond acceptors (Lipinski definition) is 3. The molecule has 1 amide bonds. The van der Waals surface area contributed by atoms with E-state index in [1.165, 1.54) is 29.5 Å². The van der Waals surface area contributed by atoms with Gasteiger partial charge < -0.3 is 5.32 Å². The molecule has 2 aromatic rings. The van der Waals surface area contributed by atoms with Crippen LogP contribution in [0.15, 0.2) is 45.1 Å². The lowest BCUT2D eigenvalue weighted by Crippen LogP contribution is -2.12. The second-order valence-corrected chi connectivity index (χ2v) is 6.47. The topological polar surface area (TPSA) is 29.1 Å². The molecule has 1 aromatic carbocycles. The molecule has 0 radical (unpaired) electrons. The van der Waals surface area contributed by atoms with Gasteiger partial charge in [0.05, 0.1) is 5.69 Å². The summed E-state index contributed by atoms with van der Waals surface area (Å²) in [5.74, 6) is -0.443. The molecule has 8 heteroatoms. The molecule has 1 N–H and O–H groups in total. The van der Waals surface area contributed by atoms with Gasteiger partial charge in [0.15, 0.2) is 0 Å². The van der Waals surface area contributed by atoms with E-state index < -0.39 is 11.4 Å². The standard InChI is InChI=1S/C12H7BrF3NOS2/c13-7-5-6-19-10(7)11(18)17-8-3-1-2-4-9(8)20-12(14,15)16/h1-6H,(H,17,18). The molecular weight excluding hydrogens is 375 g/mol. The van der Waals surface area contributed by atoms with Crippen LogP contribution in [0.25, 0.3) is 0 Å². The van der Waals surface area contributed by atoms with Crippen LogP contribution in [0.2, 0.25) is 0 Å². The molecule has 0 aliphatic heterocycles. The van der Waals surface area contributed by atoms with E-state index in [-0.39, 0.29) is 22.3 Å². The minimum Gasteiger partial charge on any atom is -0.320 e. The van der Waals surface area contributed by atoms with Gasteiger partial charge in [0, 0.05) is 9.37 Å². The van der Waals surface area contributed by atoms with E-state index in [1.54, 1.807) is 17.5 Å². The highest BCUT2D eigenvalue weighted by molar-refractivity contribution is 9.10. The number of thiophene rings is 1. The van der Waals surface area contributed by atoms with Gasteiger partial charge in [-0.25, -0.2) is 0 Å². The molecule has 0 spiro atoms. The van der Waals surface area contributed by atoms with Gasteiger partial charge >= 0.3 is 5.51 Å². The summed E-state index contributed by atoms with van der Waals surface area (Å²) in [5.41, 5.74) is -4.26. The molecule has 0 bridgehead atoms. The van der Waals surface area contributed by atoms with Crippen molar-refractivity contribution in [3.63, 3.8) is 0 Å². The van der Waals surface area contributed by atoms with Gasteiger partial charge in [-0.05, 0) is 51.3 Å². The van der Waals surface area contributed by atoms with Crippen molar-refractivity contribution in [2.45, 2.75) is 10.4 Å². The monoisotopic (exact) mass is 381 g/mol. The number of nitrogens with one attached hydrogen (secondary N) is 1. The van der Waals surface area contributed by atoms with E-state index in [0.29, 0.717) is 9.35 Å². The molecule has 0 atom stereocenters. The largest absolute Gasteiger partial charge is 0.446 e. The Hall–Kier alpha value is -0.990. The Morgan fingerprint density at radius 3 is 2.55 bits per heavy atom. The second-order valence-electron chi connectivity index (χ2n) is 3.60. The first-order valence-electron chi connectivity index (χ1n) is 5.26. The number of thioether (sulfide) groups is 1. The lowest BCUT2D eigenvalue weighted by molar-refractivity contribution is -0.0328. The van der Waals surface area contributed by atoms with Crippen LogP contribution in [0.4, 0.5) is 18.9 Å². The Labute approximate surface area is 129 Å². The molecule has 2 nitrogen and oxygen atoms in total. The van der Waals surface area contributed by atoms with Crippen molar-refractivity contribution in [3.8, 4) is 0 Å². The van der Waals surface area contributed by atoms with Crippen LogP contribution in [0.3, 0.4) is 0 Å². The zero-order valence-electron chi connectivity index (χ0n) is 9.70. The fourth-order valence-corrected chi connectivity index (χ4v) is 3.49. The van der Waals surface area contributed by atoms with E-state index in [4.69, 9.17) is 0 Å². The van der Waals surface area contributed by atoms with Crippen molar-refractivity contribution in [1.29, 1.82) is 0 Å². The predicted molar refractivity (Wildman–Crippen MR) is 78.3 cm³/mol. The maximum Gasteiger partial charge on any atom is 0.446 e. The van der Waals surface area contributed by atoms with Gasteiger partial charge in [0.25, 0.3) is 5.91 Å². The van der Waals surface area contributed by atoms with E-state index >= 15 is 0 Å². The van der Waals surface area contributed by atoms with Crippen LogP contribution in [-0.2, 0) is 0 Å². The molecule has 1 aromatic heterocycles. The molecule has 0 unspecified atom stereocenters. The van der Waals surface area contributed by atoms with E-state index in [1.807, 2.05) is 0 Å². The van der Waals surface area contributed by atoms with Crippen LogP contribution in [0.1, 0.15) is 9.67 Å². The number of halogens is 4. The summed E-state index contributed by atoms with van der Waals surface area (Å²) in [4.78, 5) is 12.4. The number of benzene rings is 1. The molecule has 106 valence electrons. The third kappa shape index (κ3) is 4.00. The smallest absolute Gasteiger partial charge is 0.320 e. The fourth-order valence-electron chi connectivity index (χ4n) is 1.42. The summed E-state index contributed by atoms with van der Waals surface area (Å²) >= 11 is 4.17. The second kappa shape index (κ2) is 6.19. The number of rotatable bonds is 3. The molecule has 0 fully saturated rings. The molecule has 20 heavy (non-hydrogen) atoms. The number of carbonyl (C=O) groups excluding carboxylic acids is 1. The highest BCUT2D eigenvalue weighted by atomic mass is 79.9. The first-order chi connectivity index (χ1) is 9.37. The van der Waals surface area contributed by atoms with Crippen molar-refractivity contribution < 1.29 is 18.0 Å². The van der Waals surface area contributed by atoms with Gasteiger partial charge in [-0.2, -0.15) is 13.2 Å². The maximum absolute atomic E-state index is 12.4. The molecule has 0 saturated carbocycles. The number of amides is 1. The highest BCUT2D eigenvalue weighted by Gasteiger charge is 2.30. The SMILES string of the molecule is O=C(Nc1ccccc1SC(F)(F)F)c1sccc1Br. The minimum atomic E-state index is -4.40. The Morgan fingerprint density at radius 2 is 1.95 bits per heavy atom. The average Bonchev–Trinajstić information content (AvgIpc) is 2.76. The van der Waals surface area contributed by atoms with Gasteiger partial charge in [-0.3, -0.25) is 4.79 Å². The first-order valence-corrected chi connectivity index (χ1v) is 7.75. The summed E-state index contributed by atoms with van der Waals surface area (Å²) in [5, 5.41) is 4.21. The number of anilines is 1. The van der Waals surface area contributed by atoms with Crippen molar-refractivity contribution >= 4 is 50.6 Å². The Balaban J connectivity index is 2.22. The van der Waals surface area contributed by atoms with Gasteiger partial charge in [-0.1, -0.05) is 12.1 Å². The number of hydrogen-bond donors (Lipinski definition) is 1. The predicted octanol–water partition coefficient (Wildman–Crippen LogP) is 5.37. The zero-order chi connectivity index (χ0) is 14.8. The molecule has 0 aliphatic rings. The molecule has 2 rings (SSSR count). The van der Waals surface area contributed by atoms with E-state index in [2.05, 4.69) is 21.2 Å². The van der Waals surface area contributed by atoms with Crippen LogP contribution < -0.4 is 5.32 Å². The van der Waals surface area contributed by atoms with Crippen molar-refractivity contribution in [3.05, 3.63) is 45.1 Å². The molecule has 0 saturated heterocycles. The summed E-state index contributed by atoms with van der Waals surface area (Å²) < 4.78 is 37.9. The first kappa shape index (κ1) is 15.4. The lowest BCUT2D eigenvalue weighted by atomic mass is 10.3. The highest BCUT2D eigenvalue weighted by Crippen LogP contribution is 2.40. The van der Waals surface area contributed by atoms with Gasteiger partial charge in [0.1, 0.15) is 4.88 Å².